The Bertz CT molecular complexity index is 408. The minimum atomic E-state index is 0.123. The van der Waals surface area contributed by atoms with Gasteiger partial charge in [-0.1, -0.05) is 44.2 Å². The second kappa shape index (κ2) is 7.44. The molecule has 0 saturated carbocycles. The Morgan fingerprint density at radius 3 is 2.50 bits per heavy atom. The smallest absolute Gasteiger partial charge is 0.225 e. The van der Waals surface area contributed by atoms with Crippen LogP contribution in [0, 0.1) is 5.92 Å². The maximum Gasteiger partial charge on any atom is 0.225 e. The summed E-state index contributed by atoms with van der Waals surface area (Å²) >= 11 is 0. The maximum absolute atomic E-state index is 11.9. The van der Waals surface area contributed by atoms with Gasteiger partial charge in [-0.05, 0) is 31.4 Å². The van der Waals surface area contributed by atoms with Gasteiger partial charge in [-0.15, -0.1) is 0 Å². The van der Waals surface area contributed by atoms with E-state index in [9.17, 15) is 4.79 Å². The van der Waals surface area contributed by atoms with Gasteiger partial charge >= 0.3 is 0 Å². The van der Waals surface area contributed by atoms with Crippen molar-refractivity contribution >= 4 is 5.91 Å². The highest BCUT2D eigenvalue weighted by Gasteiger charge is 2.23. The number of piperidine rings is 1. The van der Waals surface area contributed by atoms with Crippen molar-refractivity contribution < 1.29 is 4.79 Å². The zero-order chi connectivity index (χ0) is 14.4. The molecule has 0 unspecified atom stereocenters. The minimum Gasteiger partial charge on any atom is -0.342 e. The van der Waals surface area contributed by atoms with Gasteiger partial charge in [0.15, 0.2) is 0 Å². The van der Waals surface area contributed by atoms with E-state index in [0.717, 1.165) is 38.9 Å². The summed E-state index contributed by atoms with van der Waals surface area (Å²) < 4.78 is 0. The molecule has 1 saturated heterocycles. The number of rotatable bonds is 5. The minimum absolute atomic E-state index is 0.123. The number of benzene rings is 1. The summed E-state index contributed by atoms with van der Waals surface area (Å²) in [5, 5.41) is 3.62. The fourth-order valence-corrected chi connectivity index (χ4v) is 2.73. The van der Waals surface area contributed by atoms with Crippen LogP contribution in [0.1, 0.15) is 32.3 Å². The number of carbonyl (C=O) groups excluding carboxylic acids is 1. The SMILES string of the molecule is CC(C)C(=O)N1CCC(NCCc2ccccc2)CC1. The molecule has 0 aliphatic carbocycles. The summed E-state index contributed by atoms with van der Waals surface area (Å²) in [6.45, 7) is 6.78. The standard InChI is InChI=1S/C17H26N2O/c1-14(2)17(20)19-12-9-16(10-13-19)18-11-8-15-6-4-3-5-7-15/h3-7,14,16,18H,8-13H2,1-2H3. The van der Waals surface area contributed by atoms with Gasteiger partial charge in [-0.2, -0.15) is 0 Å². The van der Waals surface area contributed by atoms with Gasteiger partial charge in [0.2, 0.25) is 5.91 Å². The Morgan fingerprint density at radius 1 is 1.25 bits per heavy atom. The molecule has 1 aromatic carbocycles. The molecule has 0 spiro atoms. The number of hydrogen-bond donors (Lipinski definition) is 1. The van der Waals surface area contributed by atoms with E-state index in [-0.39, 0.29) is 5.92 Å². The van der Waals surface area contributed by atoms with E-state index < -0.39 is 0 Å². The summed E-state index contributed by atoms with van der Waals surface area (Å²) in [7, 11) is 0. The van der Waals surface area contributed by atoms with Crippen LogP contribution in [0.4, 0.5) is 0 Å². The van der Waals surface area contributed by atoms with Crippen molar-refractivity contribution in [1.29, 1.82) is 0 Å². The first-order valence-corrected chi connectivity index (χ1v) is 7.73. The Hall–Kier alpha value is -1.35. The van der Waals surface area contributed by atoms with Gasteiger partial charge in [0, 0.05) is 25.0 Å². The molecule has 1 N–H and O–H groups in total. The Kier molecular flexibility index (Phi) is 5.60. The molecule has 110 valence electrons. The zero-order valence-electron chi connectivity index (χ0n) is 12.6. The second-order valence-corrected chi connectivity index (χ2v) is 5.94. The van der Waals surface area contributed by atoms with Crippen molar-refractivity contribution in [3.63, 3.8) is 0 Å². The molecule has 1 heterocycles. The van der Waals surface area contributed by atoms with Crippen LogP contribution in [-0.2, 0) is 11.2 Å². The zero-order valence-corrected chi connectivity index (χ0v) is 12.6. The van der Waals surface area contributed by atoms with Crippen molar-refractivity contribution in [2.45, 2.75) is 39.2 Å². The third kappa shape index (κ3) is 4.34. The van der Waals surface area contributed by atoms with Gasteiger partial charge in [0.1, 0.15) is 0 Å². The molecular formula is C17H26N2O. The van der Waals surface area contributed by atoms with E-state index in [4.69, 9.17) is 0 Å². The molecule has 0 bridgehead atoms. The van der Waals surface area contributed by atoms with E-state index in [1.54, 1.807) is 0 Å². The van der Waals surface area contributed by atoms with Crippen molar-refractivity contribution in [2.24, 2.45) is 5.92 Å². The molecule has 0 atom stereocenters. The van der Waals surface area contributed by atoms with Crippen LogP contribution in [0.3, 0.4) is 0 Å². The molecule has 0 aromatic heterocycles. The Morgan fingerprint density at radius 2 is 1.90 bits per heavy atom. The molecule has 3 nitrogen and oxygen atoms in total. The van der Waals surface area contributed by atoms with Crippen LogP contribution in [0.2, 0.25) is 0 Å². The molecular weight excluding hydrogens is 248 g/mol. The van der Waals surface area contributed by atoms with E-state index in [2.05, 4.69) is 35.6 Å². The van der Waals surface area contributed by atoms with Crippen LogP contribution < -0.4 is 5.32 Å². The summed E-state index contributed by atoms with van der Waals surface area (Å²) in [4.78, 5) is 13.9. The van der Waals surface area contributed by atoms with Crippen LogP contribution in [-0.4, -0.2) is 36.5 Å². The molecule has 1 aliphatic rings. The van der Waals surface area contributed by atoms with Gasteiger partial charge < -0.3 is 10.2 Å². The van der Waals surface area contributed by atoms with E-state index in [1.165, 1.54) is 5.56 Å². The Labute approximate surface area is 122 Å². The highest BCUT2D eigenvalue weighted by molar-refractivity contribution is 5.78. The van der Waals surface area contributed by atoms with Crippen LogP contribution in [0.15, 0.2) is 30.3 Å². The molecule has 1 aliphatic heterocycles. The lowest BCUT2D eigenvalue weighted by molar-refractivity contribution is -0.135. The van der Waals surface area contributed by atoms with Crippen LogP contribution in [0.25, 0.3) is 0 Å². The monoisotopic (exact) mass is 274 g/mol. The first kappa shape index (κ1) is 15.0. The number of amides is 1. The van der Waals surface area contributed by atoms with Gasteiger partial charge in [-0.25, -0.2) is 0 Å². The predicted molar refractivity (Wildman–Crippen MR) is 82.6 cm³/mol. The van der Waals surface area contributed by atoms with Crippen LogP contribution in [0.5, 0.6) is 0 Å². The number of carbonyl (C=O) groups is 1. The van der Waals surface area contributed by atoms with Crippen LogP contribution >= 0.6 is 0 Å². The summed E-state index contributed by atoms with van der Waals surface area (Å²) in [6.07, 6.45) is 3.23. The maximum atomic E-state index is 11.9. The summed E-state index contributed by atoms with van der Waals surface area (Å²) in [5.74, 6) is 0.422. The van der Waals surface area contributed by atoms with Crippen molar-refractivity contribution in [3.05, 3.63) is 35.9 Å². The number of hydrogen-bond acceptors (Lipinski definition) is 2. The van der Waals surface area contributed by atoms with E-state index >= 15 is 0 Å². The lowest BCUT2D eigenvalue weighted by Gasteiger charge is -2.33. The molecule has 1 amide bonds. The van der Waals surface area contributed by atoms with Crippen molar-refractivity contribution in [1.82, 2.24) is 10.2 Å². The number of likely N-dealkylation sites (tertiary alicyclic amines) is 1. The molecule has 3 heteroatoms. The van der Waals surface area contributed by atoms with Gasteiger partial charge in [0.05, 0.1) is 0 Å². The first-order chi connectivity index (χ1) is 9.66. The molecule has 1 fully saturated rings. The molecule has 1 aromatic rings. The average molecular weight is 274 g/mol. The molecule has 20 heavy (non-hydrogen) atoms. The second-order valence-electron chi connectivity index (χ2n) is 5.94. The third-order valence-corrected chi connectivity index (χ3v) is 3.99. The highest BCUT2D eigenvalue weighted by atomic mass is 16.2. The normalized spacial score (nSPS) is 16.6. The fourth-order valence-electron chi connectivity index (χ4n) is 2.73. The number of nitrogens with one attached hydrogen (secondary N) is 1. The molecule has 0 radical (unpaired) electrons. The largest absolute Gasteiger partial charge is 0.342 e. The van der Waals surface area contributed by atoms with E-state index in [1.807, 2.05) is 18.7 Å². The third-order valence-electron chi connectivity index (χ3n) is 3.99. The first-order valence-electron chi connectivity index (χ1n) is 7.73. The highest BCUT2D eigenvalue weighted by Crippen LogP contribution is 2.13. The summed E-state index contributed by atoms with van der Waals surface area (Å²) in [6, 6.07) is 11.1. The van der Waals surface area contributed by atoms with Gasteiger partial charge in [0.25, 0.3) is 0 Å². The van der Waals surface area contributed by atoms with Crippen molar-refractivity contribution in [2.75, 3.05) is 19.6 Å². The van der Waals surface area contributed by atoms with Gasteiger partial charge in [-0.3, -0.25) is 4.79 Å². The van der Waals surface area contributed by atoms with E-state index in [0.29, 0.717) is 11.9 Å². The summed E-state index contributed by atoms with van der Waals surface area (Å²) in [5.41, 5.74) is 1.38. The molecule has 2 rings (SSSR count). The topological polar surface area (TPSA) is 32.3 Å². The average Bonchev–Trinajstić information content (AvgIpc) is 2.48. The number of nitrogens with zero attached hydrogens (tertiary/aromatic N) is 1. The quantitative estimate of drug-likeness (QED) is 0.894. The van der Waals surface area contributed by atoms with Crippen molar-refractivity contribution in [3.8, 4) is 0 Å². The lowest BCUT2D eigenvalue weighted by Crippen LogP contribution is -2.46. The predicted octanol–water partition coefficient (Wildman–Crippen LogP) is 2.47. The lowest BCUT2D eigenvalue weighted by atomic mass is 10.0. The fraction of sp³-hybridized carbons (Fsp3) is 0.588. The Balaban J connectivity index is 1.66.